The number of para-hydroxylation sites is 1. The lowest BCUT2D eigenvalue weighted by Gasteiger charge is -2.24. The van der Waals surface area contributed by atoms with E-state index >= 15 is 0 Å². The molecule has 144 valence electrons. The summed E-state index contributed by atoms with van der Waals surface area (Å²) in [6.07, 6.45) is 8.33. The SMILES string of the molecule is CCCCN(CCC(=O)O)c1ccc(/C=C/c2ccnc3ccccc23)cc1. The van der Waals surface area contributed by atoms with Gasteiger partial charge in [-0.05, 0) is 41.8 Å². The molecule has 0 unspecified atom stereocenters. The monoisotopic (exact) mass is 374 g/mol. The van der Waals surface area contributed by atoms with E-state index in [0.29, 0.717) is 6.54 Å². The van der Waals surface area contributed by atoms with Crippen molar-refractivity contribution in [3.05, 3.63) is 71.9 Å². The van der Waals surface area contributed by atoms with Crippen LogP contribution in [0.3, 0.4) is 0 Å². The van der Waals surface area contributed by atoms with Crippen LogP contribution in [-0.2, 0) is 4.79 Å². The van der Waals surface area contributed by atoms with E-state index in [1.165, 1.54) is 0 Å². The van der Waals surface area contributed by atoms with Crippen LogP contribution in [0.4, 0.5) is 5.69 Å². The molecule has 0 aliphatic heterocycles. The van der Waals surface area contributed by atoms with Gasteiger partial charge in [-0.15, -0.1) is 0 Å². The molecule has 1 N–H and O–H groups in total. The predicted octanol–water partition coefficient (Wildman–Crippen LogP) is 5.49. The van der Waals surface area contributed by atoms with Crippen molar-refractivity contribution in [2.24, 2.45) is 0 Å². The third-order valence-electron chi connectivity index (χ3n) is 4.77. The molecule has 0 aliphatic rings. The van der Waals surface area contributed by atoms with E-state index < -0.39 is 5.97 Å². The van der Waals surface area contributed by atoms with Gasteiger partial charge in [0.2, 0.25) is 0 Å². The molecule has 4 nitrogen and oxygen atoms in total. The van der Waals surface area contributed by atoms with Gasteiger partial charge in [0.1, 0.15) is 0 Å². The number of hydrogen-bond donors (Lipinski definition) is 1. The van der Waals surface area contributed by atoms with Crippen molar-refractivity contribution >= 4 is 34.7 Å². The fourth-order valence-electron chi connectivity index (χ4n) is 3.20. The molecule has 0 amide bonds. The number of nitrogens with zero attached hydrogens (tertiary/aromatic N) is 2. The summed E-state index contributed by atoms with van der Waals surface area (Å²) in [5.74, 6) is -0.759. The summed E-state index contributed by atoms with van der Waals surface area (Å²) in [5, 5.41) is 10.1. The Kier molecular flexibility index (Phi) is 6.79. The molecule has 1 heterocycles. The van der Waals surface area contributed by atoms with Crippen molar-refractivity contribution in [2.45, 2.75) is 26.2 Å². The van der Waals surface area contributed by atoms with E-state index in [2.05, 4.69) is 59.3 Å². The molecular formula is C24H26N2O2. The molecule has 4 heteroatoms. The van der Waals surface area contributed by atoms with Crippen LogP contribution in [-0.4, -0.2) is 29.1 Å². The lowest BCUT2D eigenvalue weighted by Crippen LogP contribution is -2.27. The standard InChI is InChI=1S/C24H26N2O2/c1-2-3-17-26(18-15-24(27)28)21-12-9-19(10-13-21)8-11-20-14-16-25-23-7-5-4-6-22(20)23/h4-14,16H,2-3,15,17-18H2,1H3,(H,27,28)/b11-8+. The quantitative estimate of drug-likeness (QED) is 0.538. The Morgan fingerprint density at radius 1 is 1.04 bits per heavy atom. The van der Waals surface area contributed by atoms with E-state index in [1.54, 1.807) is 0 Å². The van der Waals surface area contributed by atoms with Crippen LogP contribution >= 0.6 is 0 Å². The van der Waals surface area contributed by atoms with E-state index in [-0.39, 0.29) is 6.42 Å². The number of pyridine rings is 1. The molecule has 0 radical (unpaired) electrons. The Balaban J connectivity index is 1.75. The predicted molar refractivity (Wildman–Crippen MR) is 116 cm³/mol. The molecule has 2 aromatic carbocycles. The largest absolute Gasteiger partial charge is 0.481 e. The van der Waals surface area contributed by atoms with Crippen LogP contribution < -0.4 is 4.90 Å². The van der Waals surface area contributed by atoms with Gasteiger partial charge in [-0.2, -0.15) is 0 Å². The molecular weight excluding hydrogens is 348 g/mol. The highest BCUT2D eigenvalue weighted by atomic mass is 16.4. The normalized spacial score (nSPS) is 11.2. The van der Waals surface area contributed by atoms with E-state index in [1.807, 2.05) is 30.5 Å². The molecule has 0 spiro atoms. The van der Waals surface area contributed by atoms with Gasteiger partial charge in [-0.3, -0.25) is 9.78 Å². The highest BCUT2D eigenvalue weighted by molar-refractivity contribution is 5.90. The number of aliphatic carboxylic acids is 1. The first-order valence-corrected chi connectivity index (χ1v) is 9.76. The number of aromatic nitrogens is 1. The second-order valence-electron chi connectivity index (χ2n) is 6.83. The Morgan fingerprint density at radius 2 is 1.82 bits per heavy atom. The summed E-state index contributed by atoms with van der Waals surface area (Å²) in [7, 11) is 0. The maximum absolute atomic E-state index is 10.9. The number of hydrogen-bond acceptors (Lipinski definition) is 3. The van der Waals surface area contributed by atoms with Gasteiger partial charge < -0.3 is 10.0 Å². The van der Waals surface area contributed by atoms with Crippen molar-refractivity contribution in [1.82, 2.24) is 4.98 Å². The van der Waals surface area contributed by atoms with E-state index in [0.717, 1.165) is 47.1 Å². The zero-order valence-electron chi connectivity index (χ0n) is 16.2. The van der Waals surface area contributed by atoms with Gasteiger partial charge in [-0.1, -0.05) is 55.8 Å². The molecule has 0 fully saturated rings. The Bertz CT molecular complexity index is 943. The number of carboxylic acid groups (broad SMARTS) is 1. The highest BCUT2D eigenvalue weighted by Crippen LogP contribution is 2.21. The van der Waals surface area contributed by atoms with Crippen molar-refractivity contribution in [3.63, 3.8) is 0 Å². The van der Waals surface area contributed by atoms with Gasteiger partial charge in [0.25, 0.3) is 0 Å². The lowest BCUT2D eigenvalue weighted by molar-refractivity contribution is -0.136. The molecule has 0 saturated heterocycles. The van der Waals surface area contributed by atoms with Crippen LogP contribution in [0.15, 0.2) is 60.8 Å². The summed E-state index contributed by atoms with van der Waals surface area (Å²) < 4.78 is 0. The fraction of sp³-hybridized carbons (Fsp3) is 0.250. The summed E-state index contributed by atoms with van der Waals surface area (Å²) in [4.78, 5) is 17.5. The van der Waals surface area contributed by atoms with Crippen LogP contribution in [0.1, 0.15) is 37.3 Å². The maximum atomic E-state index is 10.9. The first-order valence-electron chi connectivity index (χ1n) is 9.76. The minimum atomic E-state index is -0.759. The van der Waals surface area contributed by atoms with Crippen LogP contribution in [0, 0.1) is 0 Å². The second kappa shape index (κ2) is 9.70. The Morgan fingerprint density at radius 3 is 2.57 bits per heavy atom. The molecule has 3 aromatic rings. The summed E-state index contributed by atoms with van der Waals surface area (Å²) >= 11 is 0. The van der Waals surface area contributed by atoms with Gasteiger partial charge >= 0.3 is 5.97 Å². The zero-order chi connectivity index (χ0) is 19.8. The van der Waals surface area contributed by atoms with E-state index in [9.17, 15) is 4.79 Å². The molecule has 3 rings (SSSR count). The summed E-state index contributed by atoms with van der Waals surface area (Å²) in [6, 6.07) is 18.4. The fourth-order valence-corrected chi connectivity index (χ4v) is 3.20. The zero-order valence-corrected chi connectivity index (χ0v) is 16.2. The minimum Gasteiger partial charge on any atom is -0.481 e. The number of benzene rings is 2. The average molecular weight is 374 g/mol. The van der Waals surface area contributed by atoms with Gasteiger partial charge in [-0.25, -0.2) is 0 Å². The maximum Gasteiger partial charge on any atom is 0.305 e. The van der Waals surface area contributed by atoms with Gasteiger partial charge in [0.15, 0.2) is 0 Å². The molecule has 28 heavy (non-hydrogen) atoms. The average Bonchev–Trinajstić information content (AvgIpc) is 2.72. The number of carboxylic acids is 1. The number of fused-ring (bicyclic) bond motifs is 1. The van der Waals surface area contributed by atoms with Crippen molar-refractivity contribution < 1.29 is 9.90 Å². The topological polar surface area (TPSA) is 53.4 Å². The van der Waals surface area contributed by atoms with Crippen LogP contribution in [0.25, 0.3) is 23.1 Å². The Labute approximate surface area is 166 Å². The second-order valence-corrected chi connectivity index (χ2v) is 6.83. The molecule has 1 aromatic heterocycles. The number of unbranched alkanes of at least 4 members (excludes halogenated alkanes) is 1. The first-order chi connectivity index (χ1) is 13.7. The summed E-state index contributed by atoms with van der Waals surface area (Å²) in [6.45, 7) is 3.56. The third kappa shape index (κ3) is 5.19. The van der Waals surface area contributed by atoms with Crippen molar-refractivity contribution in [3.8, 4) is 0 Å². The van der Waals surface area contributed by atoms with E-state index in [4.69, 9.17) is 5.11 Å². The van der Waals surface area contributed by atoms with Crippen molar-refractivity contribution in [1.29, 1.82) is 0 Å². The van der Waals surface area contributed by atoms with Crippen LogP contribution in [0.5, 0.6) is 0 Å². The molecule has 0 aliphatic carbocycles. The first kappa shape index (κ1) is 19.6. The lowest BCUT2D eigenvalue weighted by atomic mass is 10.1. The van der Waals surface area contributed by atoms with Crippen molar-refractivity contribution in [2.75, 3.05) is 18.0 Å². The number of rotatable bonds is 9. The van der Waals surface area contributed by atoms with Crippen LogP contribution in [0.2, 0.25) is 0 Å². The molecule has 0 atom stereocenters. The smallest absolute Gasteiger partial charge is 0.305 e. The Hall–Kier alpha value is -3.14. The number of anilines is 1. The van der Waals surface area contributed by atoms with Gasteiger partial charge in [0, 0.05) is 30.4 Å². The number of carbonyl (C=O) groups is 1. The minimum absolute atomic E-state index is 0.153. The highest BCUT2D eigenvalue weighted by Gasteiger charge is 2.08. The van der Waals surface area contributed by atoms with Gasteiger partial charge in [0.05, 0.1) is 11.9 Å². The summed E-state index contributed by atoms with van der Waals surface area (Å²) in [5.41, 5.74) is 4.31. The molecule has 0 saturated carbocycles. The molecule has 0 bridgehead atoms. The third-order valence-corrected chi connectivity index (χ3v) is 4.77.